The topological polar surface area (TPSA) is 47.9 Å². The lowest BCUT2D eigenvalue weighted by atomic mass is 9.85. The maximum Gasteiger partial charge on any atom is 0.184 e. The maximum absolute atomic E-state index is 9.38. The smallest absolute Gasteiger partial charge is 0.184 e. The van der Waals surface area contributed by atoms with E-state index < -0.39 is 5.60 Å². The van der Waals surface area contributed by atoms with Crippen molar-refractivity contribution >= 4 is 0 Å². The van der Waals surface area contributed by atoms with E-state index in [1.807, 2.05) is 13.8 Å². The molecule has 1 heterocycles. The van der Waals surface area contributed by atoms with E-state index in [-0.39, 0.29) is 24.9 Å². The maximum atomic E-state index is 9.38. The summed E-state index contributed by atoms with van der Waals surface area (Å²) in [6.45, 7) is 4.02. The van der Waals surface area contributed by atoms with Crippen molar-refractivity contribution in [2.45, 2.75) is 38.3 Å². The average Bonchev–Trinajstić information content (AvgIpc) is 2.51. The Morgan fingerprint density at radius 3 is 2.29 bits per heavy atom. The standard InChI is InChI=1S/C10H20O4/c1-5-10(6-11)7(2)8(12-3)9(13-4)14-10/h7-9,11H,5-6H2,1-4H3. The largest absolute Gasteiger partial charge is 0.393 e. The van der Waals surface area contributed by atoms with E-state index in [0.29, 0.717) is 0 Å². The highest BCUT2D eigenvalue weighted by molar-refractivity contribution is 4.96. The molecule has 4 atom stereocenters. The second-order valence-corrected chi connectivity index (χ2v) is 3.79. The predicted molar refractivity (Wildman–Crippen MR) is 52.0 cm³/mol. The van der Waals surface area contributed by atoms with Crippen molar-refractivity contribution in [3.63, 3.8) is 0 Å². The summed E-state index contributed by atoms with van der Waals surface area (Å²) in [6, 6.07) is 0. The zero-order chi connectivity index (χ0) is 10.8. The third kappa shape index (κ3) is 1.67. The molecule has 0 radical (unpaired) electrons. The first kappa shape index (κ1) is 11.9. The fourth-order valence-corrected chi connectivity index (χ4v) is 2.14. The Balaban J connectivity index is 2.83. The summed E-state index contributed by atoms with van der Waals surface area (Å²) in [5, 5.41) is 9.38. The van der Waals surface area contributed by atoms with E-state index in [9.17, 15) is 5.11 Å². The Hall–Kier alpha value is -0.160. The Morgan fingerprint density at radius 2 is 2.00 bits per heavy atom. The van der Waals surface area contributed by atoms with Crippen LogP contribution in [0.3, 0.4) is 0 Å². The fraction of sp³-hybridized carbons (Fsp3) is 1.00. The molecule has 0 aromatic carbocycles. The Kier molecular flexibility index (Phi) is 3.89. The van der Waals surface area contributed by atoms with Crippen molar-refractivity contribution in [1.82, 2.24) is 0 Å². The minimum atomic E-state index is -0.513. The van der Waals surface area contributed by atoms with Crippen LogP contribution in [0.1, 0.15) is 20.3 Å². The quantitative estimate of drug-likeness (QED) is 0.735. The van der Waals surface area contributed by atoms with Gasteiger partial charge in [-0.05, 0) is 6.42 Å². The van der Waals surface area contributed by atoms with E-state index in [1.165, 1.54) is 0 Å². The van der Waals surface area contributed by atoms with Crippen LogP contribution in [0.5, 0.6) is 0 Å². The third-order valence-corrected chi connectivity index (χ3v) is 3.31. The molecule has 4 nitrogen and oxygen atoms in total. The number of rotatable bonds is 4. The molecular formula is C10H20O4. The van der Waals surface area contributed by atoms with E-state index in [0.717, 1.165) is 6.42 Å². The Bertz CT molecular complexity index is 179. The van der Waals surface area contributed by atoms with E-state index in [4.69, 9.17) is 14.2 Å². The molecule has 1 rings (SSSR count). The minimum absolute atomic E-state index is 0.00435. The molecule has 1 N–H and O–H groups in total. The SMILES string of the molecule is CCC1(CO)OC(OC)C(OC)C1C. The third-order valence-electron chi connectivity index (χ3n) is 3.31. The first-order chi connectivity index (χ1) is 6.65. The summed E-state index contributed by atoms with van der Waals surface area (Å²) in [5.41, 5.74) is -0.513. The summed E-state index contributed by atoms with van der Waals surface area (Å²) < 4.78 is 16.2. The van der Waals surface area contributed by atoms with Crippen LogP contribution >= 0.6 is 0 Å². The summed E-state index contributed by atoms with van der Waals surface area (Å²) in [7, 11) is 3.23. The van der Waals surface area contributed by atoms with Crippen molar-refractivity contribution < 1.29 is 19.3 Å². The molecule has 0 amide bonds. The lowest BCUT2D eigenvalue weighted by Crippen LogP contribution is -2.40. The van der Waals surface area contributed by atoms with Gasteiger partial charge in [0.1, 0.15) is 6.10 Å². The van der Waals surface area contributed by atoms with Crippen LogP contribution in [0.2, 0.25) is 0 Å². The van der Waals surface area contributed by atoms with Gasteiger partial charge in [0.15, 0.2) is 6.29 Å². The van der Waals surface area contributed by atoms with E-state index in [2.05, 4.69) is 0 Å². The molecule has 14 heavy (non-hydrogen) atoms. The number of aliphatic hydroxyl groups is 1. The van der Waals surface area contributed by atoms with Crippen molar-refractivity contribution in [3.05, 3.63) is 0 Å². The first-order valence-electron chi connectivity index (χ1n) is 4.99. The van der Waals surface area contributed by atoms with Crippen molar-refractivity contribution in [1.29, 1.82) is 0 Å². The average molecular weight is 204 g/mol. The van der Waals surface area contributed by atoms with Crippen molar-refractivity contribution in [3.8, 4) is 0 Å². The van der Waals surface area contributed by atoms with Gasteiger partial charge in [0.05, 0.1) is 12.2 Å². The van der Waals surface area contributed by atoms with Crippen LogP contribution in [0, 0.1) is 5.92 Å². The monoisotopic (exact) mass is 204 g/mol. The highest BCUT2D eigenvalue weighted by Gasteiger charge is 2.52. The first-order valence-corrected chi connectivity index (χ1v) is 4.99. The summed E-state index contributed by atoms with van der Waals surface area (Å²) in [6.07, 6.45) is 0.277. The lowest BCUT2D eigenvalue weighted by molar-refractivity contribution is -0.189. The molecule has 0 bridgehead atoms. The molecule has 84 valence electrons. The molecule has 1 aliphatic heterocycles. The van der Waals surface area contributed by atoms with Gasteiger partial charge in [0.2, 0.25) is 0 Å². The van der Waals surface area contributed by atoms with Crippen LogP contribution in [0.25, 0.3) is 0 Å². The van der Waals surface area contributed by atoms with Crippen molar-refractivity contribution in [2.24, 2.45) is 5.92 Å². The predicted octanol–water partition coefficient (Wildman–Crippen LogP) is 0.781. The van der Waals surface area contributed by atoms with Gasteiger partial charge < -0.3 is 19.3 Å². The van der Waals surface area contributed by atoms with Crippen LogP contribution < -0.4 is 0 Å². The second-order valence-electron chi connectivity index (χ2n) is 3.79. The van der Waals surface area contributed by atoms with Gasteiger partial charge in [0, 0.05) is 20.1 Å². The van der Waals surface area contributed by atoms with Gasteiger partial charge in [-0.15, -0.1) is 0 Å². The molecule has 0 aromatic rings. The molecule has 0 aliphatic carbocycles. The second kappa shape index (κ2) is 4.57. The number of aliphatic hydroxyl groups excluding tert-OH is 1. The number of ether oxygens (including phenoxy) is 3. The molecule has 0 spiro atoms. The molecule has 4 unspecified atom stereocenters. The molecule has 1 saturated heterocycles. The van der Waals surface area contributed by atoms with Crippen LogP contribution in [-0.4, -0.2) is 43.9 Å². The molecule has 0 saturated carbocycles. The van der Waals surface area contributed by atoms with Crippen molar-refractivity contribution in [2.75, 3.05) is 20.8 Å². The van der Waals surface area contributed by atoms with Gasteiger partial charge >= 0.3 is 0 Å². The Labute approximate surface area is 85.2 Å². The normalized spacial score (nSPS) is 43.1. The number of methoxy groups -OCH3 is 2. The molecular weight excluding hydrogens is 184 g/mol. The number of hydrogen-bond donors (Lipinski definition) is 1. The highest BCUT2D eigenvalue weighted by atomic mass is 16.7. The Morgan fingerprint density at radius 1 is 1.36 bits per heavy atom. The zero-order valence-corrected chi connectivity index (χ0v) is 9.32. The lowest BCUT2D eigenvalue weighted by Gasteiger charge is -2.29. The molecule has 1 fully saturated rings. The zero-order valence-electron chi connectivity index (χ0n) is 9.32. The molecule has 0 aromatic heterocycles. The van der Waals surface area contributed by atoms with Crippen LogP contribution in [0.4, 0.5) is 0 Å². The van der Waals surface area contributed by atoms with Gasteiger partial charge in [-0.3, -0.25) is 0 Å². The highest BCUT2D eigenvalue weighted by Crippen LogP contribution is 2.39. The number of hydrogen-bond acceptors (Lipinski definition) is 4. The van der Waals surface area contributed by atoms with E-state index in [1.54, 1.807) is 14.2 Å². The summed E-state index contributed by atoms with van der Waals surface area (Å²) in [4.78, 5) is 0. The van der Waals surface area contributed by atoms with Crippen LogP contribution in [0.15, 0.2) is 0 Å². The minimum Gasteiger partial charge on any atom is -0.393 e. The molecule has 1 aliphatic rings. The van der Waals surface area contributed by atoms with E-state index >= 15 is 0 Å². The van der Waals surface area contributed by atoms with Crippen LogP contribution in [-0.2, 0) is 14.2 Å². The van der Waals surface area contributed by atoms with Gasteiger partial charge in [0.25, 0.3) is 0 Å². The van der Waals surface area contributed by atoms with Gasteiger partial charge in [-0.1, -0.05) is 13.8 Å². The summed E-state index contributed by atoms with van der Waals surface area (Å²) in [5.74, 6) is 0.132. The van der Waals surface area contributed by atoms with Gasteiger partial charge in [-0.25, -0.2) is 0 Å². The van der Waals surface area contributed by atoms with Gasteiger partial charge in [-0.2, -0.15) is 0 Å². The fourth-order valence-electron chi connectivity index (χ4n) is 2.14. The summed E-state index contributed by atoms with van der Waals surface area (Å²) >= 11 is 0. The molecule has 4 heteroatoms.